The average Bonchev–Trinajstić information content (AvgIpc) is 2.60. The Morgan fingerprint density at radius 2 is 2.13 bits per heavy atom. The van der Waals surface area contributed by atoms with Crippen LogP contribution in [-0.4, -0.2) is 26.9 Å². The molecule has 0 aliphatic rings. The Morgan fingerprint density at radius 3 is 2.73 bits per heavy atom. The molecular weight excluding hydrogens is 233 g/mol. The third kappa shape index (κ3) is 1.79. The molecule has 0 fully saturated rings. The Labute approximate surface area is 85.5 Å². The highest BCUT2D eigenvalue weighted by molar-refractivity contribution is 7.16. The van der Waals surface area contributed by atoms with Crippen LogP contribution in [0.25, 0.3) is 4.96 Å². The molecule has 9 heteroatoms. The van der Waals surface area contributed by atoms with Crippen LogP contribution in [0.3, 0.4) is 0 Å². The van der Waals surface area contributed by atoms with Gasteiger partial charge in [-0.1, -0.05) is 11.3 Å². The van der Waals surface area contributed by atoms with E-state index in [1.54, 1.807) is 0 Å². The highest BCUT2D eigenvalue weighted by atomic mass is 32.1. The number of halogens is 3. The number of aromatic nitrogens is 4. The fourth-order valence-corrected chi connectivity index (χ4v) is 1.82. The van der Waals surface area contributed by atoms with Crippen molar-refractivity contribution in [1.29, 1.82) is 0 Å². The van der Waals surface area contributed by atoms with Gasteiger partial charge in [-0.05, 0) is 0 Å². The highest BCUT2D eigenvalue weighted by Crippen LogP contribution is 2.28. The molecule has 0 saturated heterocycles. The molecule has 2 aromatic heterocycles. The first-order valence-corrected chi connectivity index (χ1v) is 4.61. The average molecular weight is 238 g/mol. The van der Waals surface area contributed by atoms with Gasteiger partial charge in [-0.15, -0.1) is 10.2 Å². The zero-order valence-corrected chi connectivity index (χ0v) is 8.26. The van der Waals surface area contributed by atoms with Crippen LogP contribution in [0.2, 0.25) is 0 Å². The summed E-state index contributed by atoms with van der Waals surface area (Å²) in [5.41, 5.74) is 0. The summed E-state index contributed by atoms with van der Waals surface area (Å²) in [7, 11) is 1.44. The number of methoxy groups -OCH3 is 1. The lowest BCUT2D eigenvalue weighted by Crippen LogP contribution is -2.11. The van der Waals surface area contributed by atoms with Gasteiger partial charge in [-0.2, -0.15) is 22.8 Å². The normalized spacial score (nSPS) is 12.5. The van der Waals surface area contributed by atoms with Crippen molar-refractivity contribution in [2.24, 2.45) is 0 Å². The van der Waals surface area contributed by atoms with E-state index in [4.69, 9.17) is 4.74 Å². The second-order valence-electron chi connectivity index (χ2n) is 2.64. The van der Waals surface area contributed by atoms with Gasteiger partial charge in [-0.3, -0.25) is 0 Å². The Balaban J connectivity index is 2.49. The van der Waals surface area contributed by atoms with Crippen molar-refractivity contribution < 1.29 is 17.9 Å². The second kappa shape index (κ2) is 3.42. The molecular formula is C6H5F3N4OS. The number of rotatable bonds is 2. The molecule has 0 saturated carbocycles. The Kier molecular flexibility index (Phi) is 2.35. The van der Waals surface area contributed by atoms with Crippen molar-refractivity contribution in [3.05, 3.63) is 10.8 Å². The van der Waals surface area contributed by atoms with E-state index in [-0.39, 0.29) is 11.6 Å². The summed E-state index contributed by atoms with van der Waals surface area (Å²) < 4.78 is 42.5. The summed E-state index contributed by atoms with van der Waals surface area (Å²) in [5, 5.41) is 10.5. The van der Waals surface area contributed by atoms with Crippen molar-refractivity contribution in [3.8, 4) is 0 Å². The fourth-order valence-electron chi connectivity index (χ4n) is 1.02. The fraction of sp³-hybridized carbons (Fsp3) is 0.500. The molecule has 0 bridgehead atoms. The molecule has 0 aromatic carbocycles. The molecule has 0 amide bonds. The topological polar surface area (TPSA) is 52.3 Å². The number of hydrogen-bond donors (Lipinski definition) is 0. The molecule has 0 aliphatic heterocycles. The Hall–Kier alpha value is -1.22. The van der Waals surface area contributed by atoms with E-state index >= 15 is 0 Å². The molecule has 0 atom stereocenters. The molecule has 2 aromatic rings. The van der Waals surface area contributed by atoms with E-state index < -0.39 is 12.0 Å². The van der Waals surface area contributed by atoms with E-state index in [1.807, 2.05) is 0 Å². The predicted octanol–water partition coefficient (Wildman–Crippen LogP) is 1.35. The van der Waals surface area contributed by atoms with Crippen LogP contribution in [0.1, 0.15) is 10.8 Å². The van der Waals surface area contributed by atoms with Crippen molar-refractivity contribution in [2.75, 3.05) is 7.11 Å². The quantitative estimate of drug-likeness (QED) is 0.792. The molecule has 0 aliphatic carbocycles. The minimum Gasteiger partial charge on any atom is -0.377 e. The third-order valence-electron chi connectivity index (χ3n) is 1.55. The minimum absolute atomic E-state index is 0.106. The largest absolute Gasteiger partial charge is 0.453 e. The summed E-state index contributed by atoms with van der Waals surface area (Å²) in [6, 6.07) is 0. The maximum Gasteiger partial charge on any atom is 0.453 e. The van der Waals surface area contributed by atoms with Gasteiger partial charge in [0.25, 0.3) is 5.82 Å². The smallest absolute Gasteiger partial charge is 0.377 e. The summed E-state index contributed by atoms with van der Waals surface area (Å²) >= 11 is 1.01. The van der Waals surface area contributed by atoms with Crippen molar-refractivity contribution in [2.45, 2.75) is 12.8 Å². The van der Waals surface area contributed by atoms with Crippen molar-refractivity contribution >= 4 is 16.3 Å². The molecule has 5 nitrogen and oxygen atoms in total. The molecule has 0 spiro atoms. The first kappa shape index (κ1) is 10.3. The van der Waals surface area contributed by atoms with Crippen molar-refractivity contribution in [3.63, 3.8) is 0 Å². The summed E-state index contributed by atoms with van der Waals surface area (Å²) in [6.45, 7) is 0.158. The maximum absolute atomic E-state index is 12.4. The summed E-state index contributed by atoms with van der Waals surface area (Å²) in [6.07, 6.45) is -4.54. The number of hydrogen-bond acceptors (Lipinski definition) is 5. The minimum atomic E-state index is -4.54. The molecule has 0 radical (unpaired) electrons. The van der Waals surface area contributed by atoms with E-state index in [2.05, 4.69) is 15.3 Å². The van der Waals surface area contributed by atoms with Gasteiger partial charge in [0.15, 0.2) is 0 Å². The van der Waals surface area contributed by atoms with Gasteiger partial charge in [0, 0.05) is 7.11 Å². The summed E-state index contributed by atoms with van der Waals surface area (Å²) in [4.78, 5) is 0.106. The zero-order chi connectivity index (χ0) is 11.1. The SMILES string of the molecule is COCc1nn2c(C(F)(F)F)nnc2s1. The van der Waals surface area contributed by atoms with Crippen LogP contribution in [-0.2, 0) is 17.5 Å². The van der Waals surface area contributed by atoms with Crippen LogP contribution in [0.15, 0.2) is 0 Å². The number of fused-ring (bicyclic) bond motifs is 1. The van der Waals surface area contributed by atoms with Gasteiger partial charge >= 0.3 is 6.18 Å². The lowest BCUT2D eigenvalue weighted by Gasteiger charge is -1.99. The van der Waals surface area contributed by atoms with Crippen LogP contribution < -0.4 is 0 Å². The lowest BCUT2D eigenvalue weighted by molar-refractivity contribution is -0.146. The maximum atomic E-state index is 12.4. The molecule has 15 heavy (non-hydrogen) atoms. The van der Waals surface area contributed by atoms with E-state index in [1.165, 1.54) is 7.11 Å². The molecule has 82 valence electrons. The Morgan fingerprint density at radius 1 is 1.40 bits per heavy atom. The second-order valence-corrected chi connectivity index (χ2v) is 3.69. The van der Waals surface area contributed by atoms with Gasteiger partial charge < -0.3 is 4.74 Å². The van der Waals surface area contributed by atoms with E-state index in [9.17, 15) is 13.2 Å². The van der Waals surface area contributed by atoms with Crippen LogP contribution >= 0.6 is 11.3 Å². The molecule has 0 N–H and O–H groups in total. The number of alkyl halides is 3. The number of nitrogens with zero attached hydrogens (tertiary/aromatic N) is 4. The summed E-state index contributed by atoms with van der Waals surface area (Å²) in [5.74, 6) is -1.11. The monoisotopic (exact) mass is 238 g/mol. The van der Waals surface area contributed by atoms with Gasteiger partial charge in [0.2, 0.25) is 4.96 Å². The van der Waals surface area contributed by atoms with Crippen molar-refractivity contribution in [1.82, 2.24) is 19.8 Å². The van der Waals surface area contributed by atoms with Crippen LogP contribution in [0, 0.1) is 0 Å². The lowest BCUT2D eigenvalue weighted by atomic mass is 10.6. The zero-order valence-electron chi connectivity index (χ0n) is 7.45. The van der Waals surface area contributed by atoms with E-state index in [0.29, 0.717) is 9.52 Å². The van der Waals surface area contributed by atoms with Crippen LogP contribution in [0.4, 0.5) is 13.2 Å². The molecule has 0 unspecified atom stereocenters. The Bertz CT molecular complexity index is 476. The standard InChI is InChI=1S/C6H5F3N4OS/c1-14-2-3-12-13-4(6(7,8)9)10-11-5(13)15-3/h2H2,1H3. The van der Waals surface area contributed by atoms with Gasteiger partial charge in [0.1, 0.15) is 5.01 Å². The molecule has 2 rings (SSSR count). The van der Waals surface area contributed by atoms with E-state index in [0.717, 1.165) is 11.3 Å². The van der Waals surface area contributed by atoms with Gasteiger partial charge in [-0.25, -0.2) is 0 Å². The van der Waals surface area contributed by atoms with Gasteiger partial charge in [0.05, 0.1) is 6.61 Å². The third-order valence-corrected chi connectivity index (χ3v) is 2.43. The first-order valence-electron chi connectivity index (χ1n) is 3.79. The number of ether oxygens (including phenoxy) is 1. The highest BCUT2D eigenvalue weighted by Gasteiger charge is 2.38. The van der Waals surface area contributed by atoms with Crippen LogP contribution in [0.5, 0.6) is 0 Å². The predicted molar refractivity (Wildman–Crippen MR) is 44.4 cm³/mol. The molecule has 2 heterocycles. The first-order chi connectivity index (χ1) is 7.02.